The number of hydrogen-bond donors (Lipinski definition) is 1. The van der Waals surface area contributed by atoms with Crippen molar-refractivity contribution in [3.8, 4) is 18.2 Å². The van der Waals surface area contributed by atoms with Crippen molar-refractivity contribution in [3.05, 3.63) is 41.7 Å². The minimum atomic E-state index is -1.66. The highest BCUT2D eigenvalue weighted by molar-refractivity contribution is 6.00. The highest BCUT2D eigenvalue weighted by Crippen LogP contribution is 2.53. The lowest BCUT2D eigenvalue weighted by molar-refractivity contribution is 0.171. The minimum Gasteiger partial charge on any atom is -0.305 e. The highest BCUT2D eigenvalue weighted by Gasteiger charge is 2.57. The van der Waals surface area contributed by atoms with Crippen LogP contribution in [-0.2, 0) is 0 Å². The van der Waals surface area contributed by atoms with Gasteiger partial charge >= 0.3 is 0 Å². The molecule has 1 aliphatic heterocycles. The summed E-state index contributed by atoms with van der Waals surface area (Å²) in [5, 5.41) is 38.1. The zero-order chi connectivity index (χ0) is 18.9. The summed E-state index contributed by atoms with van der Waals surface area (Å²) in [5.74, 6) is -1.51. The molecule has 3 rings (SSSR count). The van der Waals surface area contributed by atoms with Crippen LogP contribution in [0.1, 0.15) is 25.3 Å². The van der Waals surface area contributed by atoms with Crippen molar-refractivity contribution in [2.45, 2.75) is 25.8 Å². The third kappa shape index (κ3) is 2.49. The number of fused-ring (bicyclic) bond motifs is 1. The number of nitrogens with zero attached hydrogens (tertiary/aromatic N) is 5. The number of rotatable bonds is 2. The van der Waals surface area contributed by atoms with Crippen LogP contribution in [0, 0.1) is 56.7 Å². The van der Waals surface area contributed by atoms with Gasteiger partial charge in [-0.1, -0.05) is 12.1 Å². The maximum absolute atomic E-state index is 9.95. The SMILES string of the molecule is CC(C)N1CC=C2C(C#N)C(=N)C(C#N)(C#N)[C@@H](c3cccnc3)[C@@H]2C1. The molecule has 0 bridgehead atoms. The van der Waals surface area contributed by atoms with Gasteiger partial charge in [-0.3, -0.25) is 9.88 Å². The van der Waals surface area contributed by atoms with Gasteiger partial charge in [0.1, 0.15) is 5.92 Å². The fraction of sp³-hybridized carbons (Fsp3) is 0.450. The molecule has 6 heteroatoms. The molecular weight excluding hydrogens is 324 g/mol. The van der Waals surface area contributed by atoms with E-state index in [2.05, 4.69) is 41.9 Å². The van der Waals surface area contributed by atoms with Gasteiger partial charge in [0.15, 0.2) is 5.41 Å². The summed E-state index contributed by atoms with van der Waals surface area (Å²) in [6.07, 6.45) is 5.33. The van der Waals surface area contributed by atoms with E-state index in [-0.39, 0.29) is 11.6 Å². The second kappa shape index (κ2) is 6.71. The van der Waals surface area contributed by atoms with Crippen LogP contribution >= 0.6 is 0 Å². The second-order valence-electron chi connectivity index (χ2n) is 7.13. The average molecular weight is 344 g/mol. The van der Waals surface area contributed by atoms with Crippen molar-refractivity contribution in [1.29, 1.82) is 21.2 Å². The van der Waals surface area contributed by atoms with Gasteiger partial charge in [-0.25, -0.2) is 0 Å². The van der Waals surface area contributed by atoms with E-state index in [1.54, 1.807) is 18.5 Å². The zero-order valence-electron chi connectivity index (χ0n) is 14.8. The molecule has 0 aromatic carbocycles. The first-order valence-electron chi connectivity index (χ1n) is 8.65. The Morgan fingerprint density at radius 2 is 2.04 bits per heavy atom. The quantitative estimate of drug-likeness (QED) is 0.829. The third-order valence-corrected chi connectivity index (χ3v) is 5.59. The molecule has 130 valence electrons. The fourth-order valence-corrected chi connectivity index (χ4v) is 4.19. The molecule has 1 fully saturated rings. The smallest absolute Gasteiger partial charge is 0.189 e. The monoisotopic (exact) mass is 344 g/mol. The number of hydrogen-bond acceptors (Lipinski definition) is 6. The van der Waals surface area contributed by atoms with Crippen molar-refractivity contribution < 1.29 is 0 Å². The Kier molecular flexibility index (Phi) is 4.60. The molecule has 1 saturated carbocycles. The zero-order valence-corrected chi connectivity index (χ0v) is 14.8. The Balaban J connectivity index is 2.23. The number of nitrogens with one attached hydrogen (secondary N) is 1. The molecule has 0 saturated heterocycles. The van der Waals surface area contributed by atoms with E-state index in [1.807, 2.05) is 12.1 Å². The summed E-state index contributed by atoms with van der Waals surface area (Å²) in [6.45, 7) is 5.57. The van der Waals surface area contributed by atoms with Crippen LogP contribution < -0.4 is 0 Å². The molecule has 26 heavy (non-hydrogen) atoms. The van der Waals surface area contributed by atoms with Crippen LogP contribution in [0.4, 0.5) is 0 Å². The standard InChI is InChI=1S/C20H20N6/c1-13(2)26-7-5-15-16(8-21)19(24)20(11-22,12-23)18(17(15)10-26)14-4-3-6-25-9-14/h3-6,9,13,16-18,24H,7,10H2,1-2H3/t16?,17-,18+/m1/s1. The number of nitriles is 3. The molecule has 3 atom stereocenters. The molecule has 2 heterocycles. The van der Waals surface area contributed by atoms with E-state index in [1.165, 1.54) is 0 Å². The Bertz CT molecular complexity index is 850. The van der Waals surface area contributed by atoms with Crippen LogP contribution in [0.25, 0.3) is 0 Å². The lowest BCUT2D eigenvalue weighted by Crippen LogP contribution is -2.53. The summed E-state index contributed by atoms with van der Waals surface area (Å²) >= 11 is 0. The van der Waals surface area contributed by atoms with Gasteiger partial charge in [0.25, 0.3) is 0 Å². The van der Waals surface area contributed by atoms with Crippen molar-refractivity contribution in [2.75, 3.05) is 13.1 Å². The molecule has 6 nitrogen and oxygen atoms in total. The largest absolute Gasteiger partial charge is 0.305 e. The normalized spacial score (nSPS) is 27.6. The van der Waals surface area contributed by atoms with Crippen LogP contribution in [0.2, 0.25) is 0 Å². The first-order chi connectivity index (χ1) is 12.5. The summed E-state index contributed by atoms with van der Waals surface area (Å²) in [7, 11) is 0. The molecule has 1 aliphatic carbocycles. The fourth-order valence-electron chi connectivity index (χ4n) is 4.19. The third-order valence-electron chi connectivity index (χ3n) is 5.59. The molecule has 0 amide bonds. The van der Waals surface area contributed by atoms with Crippen molar-refractivity contribution in [2.24, 2.45) is 17.3 Å². The number of pyridine rings is 1. The molecular formula is C20H20N6. The molecule has 0 radical (unpaired) electrons. The van der Waals surface area contributed by atoms with E-state index < -0.39 is 17.3 Å². The van der Waals surface area contributed by atoms with Gasteiger partial charge in [-0.15, -0.1) is 0 Å². The van der Waals surface area contributed by atoms with Gasteiger partial charge in [0.05, 0.1) is 23.9 Å². The summed E-state index contributed by atoms with van der Waals surface area (Å²) in [6, 6.07) is 10.3. The first-order valence-corrected chi connectivity index (χ1v) is 8.65. The minimum absolute atomic E-state index is 0.112. The maximum atomic E-state index is 9.95. The van der Waals surface area contributed by atoms with Crippen LogP contribution in [0.3, 0.4) is 0 Å². The lowest BCUT2D eigenvalue weighted by Gasteiger charge is -2.48. The van der Waals surface area contributed by atoms with Crippen LogP contribution in [-0.4, -0.2) is 34.7 Å². The van der Waals surface area contributed by atoms with Crippen molar-refractivity contribution in [1.82, 2.24) is 9.88 Å². The molecule has 0 spiro atoms. The Morgan fingerprint density at radius 1 is 1.31 bits per heavy atom. The predicted octanol–water partition coefficient (Wildman–Crippen LogP) is 2.64. The number of aromatic nitrogens is 1. The van der Waals surface area contributed by atoms with Crippen molar-refractivity contribution >= 4 is 5.71 Å². The second-order valence-corrected chi connectivity index (χ2v) is 7.13. The Hall–Kier alpha value is -3.01. The van der Waals surface area contributed by atoms with E-state index >= 15 is 0 Å². The van der Waals surface area contributed by atoms with E-state index in [0.29, 0.717) is 19.1 Å². The average Bonchev–Trinajstić information content (AvgIpc) is 2.67. The van der Waals surface area contributed by atoms with E-state index in [9.17, 15) is 15.8 Å². The first kappa shape index (κ1) is 17.8. The van der Waals surface area contributed by atoms with Gasteiger partial charge in [0.2, 0.25) is 0 Å². The molecule has 2 aliphatic rings. The van der Waals surface area contributed by atoms with Gasteiger partial charge < -0.3 is 5.41 Å². The lowest BCUT2D eigenvalue weighted by atomic mass is 9.54. The summed E-state index contributed by atoms with van der Waals surface area (Å²) in [4.78, 5) is 6.43. The Morgan fingerprint density at radius 3 is 2.58 bits per heavy atom. The molecule has 1 unspecified atom stereocenters. The highest BCUT2D eigenvalue weighted by atomic mass is 15.2. The van der Waals surface area contributed by atoms with Crippen molar-refractivity contribution in [3.63, 3.8) is 0 Å². The molecule has 1 aromatic heterocycles. The van der Waals surface area contributed by atoms with Crippen LogP contribution in [0.15, 0.2) is 36.2 Å². The summed E-state index contributed by atoms with van der Waals surface area (Å²) < 4.78 is 0. The molecule has 1 aromatic rings. The summed E-state index contributed by atoms with van der Waals surface area (Å²) in [5.41, 5.74) is -0.146. The van der Waals surface area contributed by atoms with Gasteiger partial charge in [-0.05, 0) is 31.1 Å². The van der Waals surface area contributed by atoms with Crippen LogP contribution in [0.5, 0.6) is 0 Å². The Labute approximate surface area is 153 Å². The maximum Gasteiger partial charge on any atom is 0.189 e. The van der Waals surface area contributed by atoms with E-state index in [4.69, 9.17) is 5.41 Å². The molecule has 1 N–H and O–H groups in total. The van der Waals surface area contributed by atoms with Gasteiger partial charge in [0, 0.05) is 43.4 Å². The van der Waals surface area contributed by atoms with E-state index in [0.717, 1.165) is 11.1 Å². The van der Waals surface area contributed by atoms with Gasteiger partial charge in [-0.2, -0.15) is 15.8 Å². The predicted molar refractivity (Wildman–Crippen MR) is 95.7 cm³/mol. The topological polar surface area (TPSA) is 111 Å².